The fraction of sp³-hybridized carbons (Fsp3) is 0.188. The van der Waals surface area contributed by atoms with E-state index >= 15 is 0 Å². The molecule has 0 saturated heterocycles. The van der Waals surface area contributed by atoms with Gasteiger partial charge in [0.15, 0.2) is 0 Å². The van der Waals surface area contributed by atoms with Crippen LogP contribution in [-0.4, -0.2) is 0 Å². The van der Waals surface area contributed by atoms with E-state index in [1.807, 2.05) is 44.2 Å². The molecular formula is C16H14FN. The maximum Gasteiger partial charge on any atom is 0.128 e. The zero-order valence-corrected chi connectivity index (χ0v) is 10.5. The Morgan fingerprint density at radius 3 is 2.61 bits per heavy atom. The van der Waals surface area contributed by atoms with Crippen molar-refractivity contribution >= 4 is 0 Å². The summed E-state index contributed by atoms with van der Waals surface area (Å²) in [7, 11) is 0. The van der Waals surface area contributed by atoms with Gasteiger partial charge in [0.05, 0.1) is 12.5 Å². The highest BCUT2D eigenvalue weighted by Gasteiger charge is 2.07. The Kier molecular flexibility index (Phi) is 3.43. The lowest BCUT2D eigenvalue weighted by atomic mass is 9.96. The molecule has 0 aromatic heterocycles. The van der Waals surface area contributed by atoms with E-state index in [0.717, 1.165) is 16.7 Å². The highest BCUT2D eigenvalue weighted by molar-refractivity contribution is 5.68. The molecule has 0 aliphatic carbocycles. The lowest BCUT2D eigenvalue weighted by molar-refractivity contribution is 0.616. The summed E-state index contributed by atoms with van der Waals surface area (Å²) in [5.41, 5.74) is 4.69. The highest BCUT2D eigenvalue weighted by atomic mass is 19.1. The lowest BCUT2D eigenvalue weighted by Gasteiger charge is -2.09. The van der Waals surface area contributed by atoms with Gasteiger partial charge in [0.25, 0.3) is 0 Å². The number of rotatable bonds is 2. The largest absolute Gasteiger partial charge is 0.207 e. The zero-order valence-electron chi connectivity index (χ0n) is 10.5. The van der Waals surface area contributed by atoms with E-state index in [9.17, 15) is 4.39 Å². The molecular weight excluding hydrogens is 225 g/mol. The molecule has 0 atom stereocenters. The standard InChI is InChI=1S/C16H14FN/c1-11-4-3-5-15(12(11)2)14-7-6-13(8-9-18)16(17)10-14/h3-7,10H,8H2,1-2H3. The van der Waals surface area contributed by atoms with Crippen molar-refractivity contribution in [2.75, 3.05) is 0 Å². The first kappa shape index (κ1) is 12.3. The fourth-order valence-electron chi connectivity index (χ4n) is 2.01. The highest BCUT2D eigenvalue weighted by Crippen LogP contribution is 2.27. The average molecular weight is 239 g/mol. The Labute approximate surface area is 107 Å². The minimum atomic E-state index is -0.310. The molecule has 0 saturated carbocycles. The van der Waals surface area contributed by atoms with Gasteiger partial charge < -0.3 is 0 Å². The van der Waals surface area contributed by atoms with Gasteiger partial charge in [-0.15, -0.1) is 0 Å². The van der Waals surface area contributed by atoms with Crippen LogP contribution in [0.15, 0.2) is 36.4 Å². The Morgan fingerprint density at radius 2 is 1.94 bits per heavy atom. The van der Waals surface area contributed by atoms with Gasteiger partial charge in [-0.1, -0.05) is 30.3 Å². The number of hydrogen-bond acceptors (Lipinski definition) is 1. The van der Waals surface area contributed by atoms with Gasteiger partial charge in [-0.3, -0.25) is 0 Å². The van der Waals surface area contributed by atoms with E-state index in [0.29, 0.717) is 5.56 Å². The summed E-state index contributed by atoms with van der Waals surface area (Å²) in [5, 5.41) is 8.59. The first-order chi connectivity index (χ1) is 8.63. The number of aryl methyl sites for hydroxylation is 1. The summed E-state index contributed by atoms with van der Waals surface area (Å²) in [6.45, 7) is 4.07. The van der Waals surface area contributed by atoms with Crippen LogP contribution in [0.5, 0.6) is 0 Å². The SMILES string of the molecule is Cc1cccc(-c2ccc(CC#N)c(F)c2)c1C. The van der Waals surface area contributed by atoms with Crippen LogP contribution in [0, 0.1) is 31.0 Å². The molecule has 0 amide bonds. The molecule has 2 aromatic carbocycles. The Bertz CT molecular complexity index is 623. The van der Waals surface area contributed by atoms with Gasteiger partial charge >= 0.3 is 0 Å². The zero-order chi connectivity index (χ0) is 13.1. The van der Waals surface area contributed by atoms with Crippen LogP contribution in [-0.2, 0) is 6.42 Å². The van der Waals surface area contributed by atoms with Crippen molar-refractivity contribution < 1.29 is 4.39 Å². The van der Waals surface area contributed by atoms with Crippen LogP contribution in [0.1, 0.15) is 16.7 Å². The second kappa shape index (κ2) is 5.01. The number of nitrogens with zero attached hydrogens (tertiary/aromatic N) is 1. The summed E-state index contributed by atoms with van der Waals surface area (Å²) in [6, 6.07) is 13.0. The minimum Gasteiger partial charge on any atom is -0.207 e. The molecule has 1 nitrogen and oxygen atoms in total. The normalized spacial score (nSPS) is 10.1. The van der Waals surface area contributed by atoms with Crippen LogP contribution in [0.2, 0.25) is 0 Å². The maximum absolute atomic E-state index is 13.8. The molecule has 2 rings (SSSR count). The van der Waals surface area contributed by atoms with E-state index < -0.39 is 0 Å². The number of halogens is 1. The molecule has 0 unspecified atom stereocenters. The number of nitriles is 1. The molecule has 0 bridgehead atoms. The van der Waals surface area contributed by atoms with Crippen molar-refractivity contribution in [2.24, 2.45) is 0 Å². The van der Waals surface area contributed by atoms with E-state index in [4.69, 9.17) is 5.26 Å². The van der Waals surface area contributed by atoms with Gasteiger partial charge in [-0.05, 0) is 42.2 Å². The molecule has 2 aromatic rings. The van der Waals surface area contributed by atoms with E-state index in [-0.39, 0.29) is 12.2 Å². The molecule has 0 spiro atoms. The third kappa shape index (κ3) is 2.26. The van der Waals surface area contributed by atoms with Crippen molar-refractivity contribution in [1.29, 1.82) is 5.26 Å². The Hall–Kier alpha value is -2.14. The summed E-state index contributed by atoms with van der Waals surface area (Å²) in [6.07, 6.45) is 0.110. The quantitative estimate of drug-likeness (QED) is 0.771. The Balaban J connectivity index is 2.50. The van der Waals surface area contributed by atoms with Crippen LogP contribution >= 0.6 is 0 Å². The van der Waals surface area contributed by atoms with Crippen molar-refractivity contribution in [2.45, 2.75) is 20.3 Å². The topological polar surface area (TPSA) is 23.8 Å². The van der Waals surface area contributed by atoms with Gasteiger partial charge in [-0.25, -0.2) is 4.39 Å². The monoisotopic (exact) mass is 239 g/mol. The minimum absolute atomic E-state index is 0.110. The van der Waals surface area contributed by atoms with E-state index in [2.05, 4.69) is 0 Å². The van der Waals surface area contributed by atoms with E-state index in [1.54, 1.807) is 6.07 Å². The van der Waals surface area contributed by atoms with Crippen molar-refractivity contribution in [3.63, 3.8) is 0 Å². The molecule has 0 heterocycles. The van der Waals surface area contributed by atoms with Gasteiger partial charge in [-0.2, -0.15) is 5.26 Å². The lowest BCUT2D eigenvalue weighted by Crippen LogP contribution is -1.92. The molecule has 2 heteroatoms. The van der Waals surface area contributed by atoms with Crippen LogP contribution in [0.25, 0.3) is 11.1 Å². The molecule has 18 heavy (non-hydrogen) atoms. The molecule has 0 radical (unpaired) electrons. The van der Waals surface area contributed by atoms with Crippen LogP contribution in [0.4, 0.5) is 4.39 Å². The van der Waals surface area contributed by atoms with Crippen LogP contribution < -0.4 is 0 Å². The smallest absolute Gasteiger partial charge is 0.128 e. The third-order valence-electron chi connectivity index (χ3n) is 3.24. The van der Waals surface area contributed by atoms with Crippen LogP contribution in [0.3, 0.4) is 0 Å². The second-order valence-corrected chi connectivity index (χ2v) is 4.39. The fourth-order valence-corrected chi connectivity index (χ4v) is 2.01. The first-order valence-corrected chi connectivity index (χ1v) is 5.85. The summed E-state index contributed by atoms with van der Waals surface area (Å²) < 4.78 is 13.8. The average Bonchev–Trinajstić information content (AvgIpc) is 2.35. The number of benzene rings is 2. The molecule has 0 aliphatic rings. The van der Waals surface area contributed by atoms with Crippen molar-refractivity contribution in [1.82, 2.24) is 0 Å². The van der Waals surface area contributed by atoms with Gasteiger partial charge in [0.2, 0.25) is 0 Å². The molecule has 0 fully saturated rings. The predicted octanol–water partition coefficient (Wildman–Crippen LogP) is 4.18. The Morgan fingerprint density at radius 1 is 1.17 bits per heavy atom. The third-order valence-corrected chi connectivity index (χ3v) is 3.24. The molecule has 0 aliphatic heterocycles. The van der Waals surface area contributed by atoms with Gasteiger partial charge in [0, 0.05) is 5.56 Å². The summed E-state index contributed by atoms with van der Waals surface area (Å²) in [4.78, 5) is 0. The first-order valence-electron chi connectivity index (χ1n) is 5.85. The number of hydrogen-bond donors (Lipinski definition) is 0. The van der Waals surface area contributed by atoms with E-state index in [1.165, 1.54) is 11.6 Å². The van der Waals surface area contributed by atoms with Crippen molar-refractivity contribution in [3.8, 4) is 17.2 Å². The second-order valence-electron chi connectivity index (χ2n) is 4.39. The maximum atomic E-state index is 13.8. The van der Waals surface area contributed by atoms with Crippen molar-refractivity contribution in [3.05, 3.63) is 58.9 Å². The molecule has 90 valence electrons. The summed E-state index contributed by atoms with van der Waals surface area (Å²) in [5.74, 6) is -0.310. The van der Waals surface area contributed by atoms with Gasteiger partial charge in [0.1, 0.15) is 5.82 Å². The summed E-state index contributed by atoms with van der Waals surface area (Å²) >= 11 is 0. The predicted molar refractivity (Wildman–Crippen MR) is 70.6 cm³/mol. The molecule has 0 N–H and O–H groups in total.